The summed E-state index contributed by atoms with van der Waals surface area (Å²) in [5.41, 5.74) is 3.41. The average Bonchev–Trinajstić information content (AvgIpc) is 2.55. The van der Waals surface area contributed by atoms with Crippen molar-refractivity contribution in [2.24, 2.45) is 5.10 Å². The van der Waals surface area contributed by atoms with Gasteiger partial charge in [0.15, 0.2) is 11.5 Å². The van der Waals surface area contributed by atoms with E-state index in [1.54, 1.807) is 32.6 Å². The zero-order chi connectivity index (χ0) is 15.9. The number of anilines is 1. The fourth-order valence-corrected chi connectivity index (χ4v) is 1.67. The third-order valence-corrected chi connectivity index (χ3v) is 2.76. The lowest BCUT2D eigenvalue weighted by Gasteiger charge is -2.07. The first-order chi connectivity index (χ1) is 10.6. The molecule has 8 heteroatoms. The number of ether oxygens (including phenoxy) is 2. The van der Waals surface area contributed by atoms with Gasteiger partial charge in [0.1, 0.15) is 12.0 Å². The second kappa shape index (κ2) is 7.02. The van der Waals surface area contributed by atoms with E-state index >= 15 is 0 Å². The van der Waals surface area contributed by atoms with Gasteiger partial charge in [-0.1, -0.05) is 0 Å². The lowest BCUT2D eigenvalue weighted by atomic mass is 10.2. The van der Waals surface area contributed by atoms with E-state index in [9.17, 15) is 10.1 Å². The zero-order valence-corrected chi connectivity index (χ0v) is 12.0. The molecule has 1 heterocycles. The Balaban J connectivity index is 2.04. The number of benzene rings is 1. The largest absolute Gasteiger partial charge is 0.493 e. The molecule has 0 unspecified atom stereocenters. The molecule has 2 aromatic rings. The Bertz CT molecular complexity index is 686. The van der Waals surface area contributed by atoms with Gasteiger partial charge in [0, 0.05) is 6.07 Å². The second-order valence-electron chi connectivity index (χ2n) is 4.14. The molecule has 22 heavy (non-hydrogen) atoms. The van der Waals surface area contributed by atoms with Gasteiger partial charge in [0.2, 0.25) is 0 Å². The standard InChI is InChI=1S/C14H14N4O4/c1-21-12-5-3-10(7-13(12)22-2)8-16-17-14-6-4-11(9-15-14)18(19)20/h3-9H,1-2H3,(H,15,17). The molecule has 0 radical (unpaired) electrons. The predicted molar refractivity (Wildman–Crippen MR) is 81.7 cm³/mol. The molecule has 0 atom stereocenters. The van der Waals surface area contributed by atoms with Gasteiger partial charge in [-0.2, -0.15) is 5.10 Å². The van der Waals surface area contributed by atoms with E-state index in [1.165, 1.54) is 12.1 Å². The lowest BCUT2D eigenvalue weighted by Crippen LogP contribution is -1.96. The van der Waals surface area contributed by atoms with Gasteiger partial charge < -0.3 is 9.47 Å². The van der Waals surface area contributed by atoms with Crippen molar-refractivity contribution in [1.82, 2.24) is 4.98 Å². The van der Waals surface area contributed by atoms with Crippen molar-refractivity contribution in [3.05, 3.63) is 52.2 Å². The predicted octanol–water partition coefficient (Wildman–Crippen LogP) is 2.45. The van der Waals surface area contributed by atoms with Crippen LogP contribution in [-0.4, -0.2) is 30.3 Å². The van der Waals surface area contributed by atoms with E-state index in [0.717, 1.165) is 11.8 Å². The molecular weight excluding hydrogens is 288 g/mol. The van der Waals surface area contributed by atoms with Gasteiger partial charge in [0.05, 0.1) is 25.4 Å². The highest BCUT2D eigenvalue weighted by molar-refractivity contribution is 5.81. The number of hydrogen-bond acceptors (Lipinski definition) is 7. The highest BCUT2D eigenvalue weighted by Gasteiger charge is 2.05. The summed E-state index contributed by atoms with van der Waals surface area (Å²) in [4.78, 5) is 13.9. The smallest absolute Gasteiger partial charge is 0.287 e. The molecule has 0 saturated carbocycles. The molecule has 2 rings (SSSR count). The van der Waals surface area contributed by atoms with Crippen molar-refractivity contribution in [3.63, 3.8) is 0 Å². The maximum Gasteiger partial charge on any atom is 0.287 e. The maximum atomic E-state index is 10.5. The number of hydrazone groups is 1. The molecule has 0 amide bonds. The molecule has 1 aromatic carbocycles. The van der Waals surface area contributed by atoms with E-state index < -0.39 is 4.92 Å². The van der Waals surface area contributed by atoms with Gasteiger partial charge in [-0.3, -0.25) is 15.5 Å². The van der Waals surface area contributed by atoms with Crippen LogP contribution in [0.25, 0.3) is 0 Å². The Morgan fingerprint density at radius 2 is 2.00 bits per heavy atom. The summed E-state index contributed by atoms with van der Waals surface area (Å²) in [6, 6.07) is 8.18. The number of hydrogen-bond donors (Lipinski definition) is 1. The molecule has 0 bridgehead atoms. The van der Waals surface area contributed by atoms with Crippen molar-refractivity contribution in [3.8, 4) is 11.5 Å². The number of methoxy groups -OCH3 is 2. The lowest BCUT2D eigenvalue weighted by molar-refractivity contribution is -0.385. The number of nitro groups is 1. The molecular formula is C14H14N4O4. The Morgan fingerprint density at radius 3 is 2.59 bits per heavy atom. The molecule has 1 N–H and O–H groups in total. The Hall–Kier alpha value is -3.16. The van der Waals surface area contributed by atoms with Crippen LogP contribution in [0.3, 0.4) is 0 Å². The molecule has 1 aromatic heterocycles. The third-order valence-electron chi connectivity index (χ3n) is 2.76. The van der Waals surface area contributed by atoms with Crippen LogP contribution in [0.4, 0.5) is 11.5 Å². The Morgan fingerprint density at radius 1 is 1.23 bits per heavy atom. The van der Waals surface area contributed by atoms with Crippen LogP contribution in [0, 0.1) is 10.1 Å². The highest BCUT2D eigenvalue weighted by Crippen LogP contribution is 2.26. The number of aromatic nitrogens is 1. The molecule has 114 valence electrons. The second-order valence-corrected chi connectivity index (χ2v) is 4.14. The SMILES string of the molecule is COc1ccc(C=NNc2ccc([N+](=O)[O-])cn2)cc1OC. The van der Waals surface area contributed by atoms with Crippen LogP contribution in [0.5, 0.6) is 11.5 Å². The van der Waals surface area contributed by atoms with Gasteiger partial charge in [-0.25, -0.2) is 4.98 Å². The summed E-state index contributed by atoms with van der Waals surface area (Å²) in [7, 11) is 3.12. The van der Waals surface area contributed by atoms with Crippen LogP contribution in [0.15, 0.2) is 41.6 Å². The summed E-state index contributed by atoms with van der Waals surface area (Å²) < 4.78 is 10.3. The molecule has 0 spiro atoms. The van der Waals surface area contributed by atoms with Gasteiger partial charge in [-0.05, 0) is 29.8 Å². The fourth-order valence-electron chi connectivity index (χ4n) is 1.67. The quantitative estimate of drug-likeness (QED) is 0.500. The summed E-state index contributed by atoms with van der Waals surface area (Å²) in [6.07, 6.45) is 2.74. The highest BCUT2D eigenvalue weighted by atomic mass is 16.6. The molecule has 0 aliphatic rings. The Kier molecular flexibility index (Phi) is 4.86. The zero-order valence-electron chi connectivity index (χ0n) is 12.0. The van der Waals surface area contributed by atoms with Crippen molar-refractivity contribution in [1.29, 1.82) is 0 Å². The molecule has 0 saturated heterocycles. The number of rotatable bonds is 6. The Labute approximate surface area is 126 Å². The fraction of sp³-hybridized carbons (Fsp3) is 0.143. The first-order valence-corrected chi connectivity index (χ1v) is 6.25. The van der Waals surface area contributed by atoms with Crippen LogP contribution in [-0.2, 0) is 0 Å². The monoisotopic (exact) mass is 302 g/mol. The maximum absolute atomic E-state index is 10.5. The van der Waals surface area contributed by atoms with Crippen molar-refractivity contribution < 1.29 is 14.4 Å². The number of nitrogens with zero attached hydrogens (tertiary/aromatic N) is 3. The first-order valence-electron chi connectivity index (χ1n) is 6.25. The molecule has 0 aliphatic heterocycles. The van der Waals surface area contributed by atoms with E-state index in [2.05, 4.69) is 15.5 Å². The molecule has 8 nitrogen and oxygen atoms in total. The summed E-state index contributed by atoms with van der Waals surface area (Å²) in [6.45, 7) is 0. The summed E-state index contributed by atoms with van der Waals surface area (Å²) >= 11 is 0. The van der Waals surface area contributed by atoms with E-state index in [1.807, 2.05) is 6.07 Å². The van der Waals surface area contributed by atoms with Crippen LogP contribution < -0.4 is 14.9 Å². The topological polar surface area (TPSA) is 98.9 Å². The van der Waals surface area contributed by atoms with Crippen molar-refractivity contribution in [2.75, 3.05) is 19.6 Å². The number of nitrogens with one attached hydrogen (secondary N) is 1. The van der Waals surface area contributed by atoms with Crippen molar-refractivity contribution >= 4 is 17.7 Å². The van der Waals surface area contributed by atoms with Gasteiger partial charge >= 0.3 is 0 Å². The molecule has 0 fully saturated rings. The van der Waals surface area contributed by atoms with E-state index in [4.69, 9.17) is 9.47 Å². The molecule has 0 aliphatic carbocycles. The van der Waals surface area contributed by atoms with Crippen molar-refractivity contribution in [2.45, 2.75) is 0 Å². The normalized spacial score (nSPS) is 10.5. The van der Waals surface area contributed by atoms with E-state index in [0.29, 0.717) is 17.3 Å². The van der Waals surface area contributed by atoms with E-state index in [-0.39, 0.29) is 5.69 Å². The minimum Gasteiger partial charge on any atom is -0.493 e. The minimum absolute atomic E-state index is 0.0746. The van der Waals surface area contributed by atoms with Gasteiger partial charge in [0.25, 0.3) is 5.69 Å². The van der Waals surface area contributed by atoms with Crippen LogP contribution in [0.2, 0.25) is 0 Å². The summed E-state index contributed by atoms with van der Waals surface area (Å²) in [5.74, 6) is 1.63. The van der Waals surface area contributed by atoms with Crippen LogP contribution in [0.1, 0.15) is 5.56 Å². The summed E-state index contributed by atoms with van der Waals surface area (Å²) in [5, 5.41) is 14.5. The minimum atomic E-state index is -0.510. The third kappa shape index (κ3) is 3.69. The number of pyridine rings is 1. The average molecular weight is 302 g/mol. The van der Waals surface area contributed by atoms with Gasteiger partial charge in [-0.15, -0.1) is 0 Å². The van der Waals surface area contributed by atoms with Crippen LogP contribution >= 0.6 is 0 Å². The first kappa shape index (κ1) is 15.2.